The molecule has 0 atom stereocenters. The number of benzene rings is 2. The number of hydrogen-bond donors (Lipinski definition) is 1. The van der Waals surface area contributed by atoms with Crippen molar-refractivity contribution in [2.24, 2.45) is 9.39 Å². The number of aromatic amines is 1. The Kier molecular flexibility index (Phi) is 5.75. The van der Waals surface area contributed by atoms with E-state index in [0.29, 0.717) is 5.69 Å². The zero-order chi connectivity index (χ0) is 20.1. The predicted octanol–water partition coefficient (Wildman–Crippen LogP) is 4.43. The monoisotopic (exact) mass is 395 g/mol. The summed E-state index contributed by atoms with van der Waals surface area (Å²) in [6.45, 7) is 6.10. The highest BCUT2D eigenvalue weighted by Crippen LogP contribution is 2.24. The minimum atomic E-state index is -4.08. The summed E-state index contributed by atoms with van der Waals surface area (Å²) in [5.74, 6) is 0.211. The minimum absolute atomic E-state index is 0.211. The fraction of sp³-hybridized carbons (Fsp3) is 0.143. The van der Waals surface area contributed by atoms with Gasteiger partial charge in [-0.1, -0.05) is 35.9 Å². The Morgan fingerprint density at radius 3 is 2.14 bits per heavy atom. The van der Waals surface area contributed by atoms with Crippen LogP contribution in [-0.4, -0.2) is 25.8 Å². The lowest BCUT2D eigenvalue weighted by Crippen LogP contribution is -2.06. The number of aliphatic imine (C=N–C) groups is 1. The van der Waals surface area contributed by atoms with E-state index < -0.39 is 10.3 Å². The van der Waals surface area contributed by atoms with Crippen molar-refractivity contribution in [1.82, 2.24) is 4.98 Å². The van der Waals surface area contributed by atoms with E-state index in [0.717, 1.165) is 22.5 Å². The third-order valence-electron chi connectivity index (χ3n) is 3.96. The van der Waals surface area contributed by atoms with Crippen molar-refractivity contribution >= 4 is 28.4 Å². The molecule has 7 heteroatoms. The third kappa shape index (κ3) is 5.17. The molecule has 0 aliphatic rings. The first-order chi connectivity index (χ1) is 13.3. The molecule has 0 fully saturated rings. The lowest BCUT2D eigenvalue weighted by Gasteiger charge is -2.05. The standard InChI is InChI=1S/C21H21N3O3S/c1-15-11-16(2)21(17(3)12-15)22-13-18-9-10-19(24-18)14-23-28(25,26)27-20-7-5-4-6-8-20/h4-14,24H,1-3H3/b22-13?,23-14+. The summed E-state index contributed by atoms with van der Waals surface area (Å²) in [6.07, 6.45) is 2.91. The summed E-state index contributed by atoms with van der Waals surface area (Å²) in [6, 6.07) is 15.9. The number of nitrogens with one attached hydrogen (secondary N) is 1. The van der Waals surface area contributed by atoms with Crippen molar-refractivity contribution in [3.8, 4) is 5.75 Å². The largest absolute Gasteiger partial charge is 0.428 e. The van der Waals surface area contributed by atoms with Crippen LogP contribution in [0.1, 0.15) is 28.1 Å². The van der Waals surface area contributed by atoms with Gasteiger partial charge in [0.2, 0.25) is 0 Å². The molecule has 0 aliphatic heterocycles. The summed E-state index contributed by atoms with van der Waals surface area (Å²) in [4.78, 5) is 7.60. The van der Waals surface area contributed by atoms with E-state index in [1.807, 2.05) is 13.8 Å². The molecule has 0 bridgehead atoms. The van der Waals surface area contributed by atoms with Crippen molar-refractivity contribution in [1.29, 1.82) is 0 Å². The highest BCUT2D eigenvalue weighted by Gasteiger charge is 2.09. The van der Waals surface area contributed by atoms with Gasteiger partial charge in [-0.3, -0.25) is 4.99 Å². The highest BCUT2D eigenvalue weighted by atomic mass is 32.2. The Morgan fingerprint density at radius 1 is 0.893 bits per heavy atom. The second kappa shape index (κ2) is 8.22. The fourth-order valence-corrected chi connectivity index (χ4v) is 3.47. The molecule has 1 heterocycles. The summed E-state index contributed by atoms with van der Waals surface area (Å²) in [7, 11) is -4.08. The van der Waals surface area contributed by atoms with E-state index in [2.05, 4.69) is 33.4 Å². The Labute approximate surface area is 164 Å². The number of rotatable bonds is 6. The van der Waals surface area contributed by atoms with Crippen molar-refractivity contribution in [3.05, 3.63) is 82.7 Å². The maximum atomic E-state index is 11.9. The van der Waals surface area contributed by atoms with Crippen LogP contribution in [0, 0.1) is 20.8 Å². The van der Waals surface area contributed by atoms with E-state index >= 15 is 0 Å². The van der Waals surface area contributed by atoms with Crippen LogP contribution in [0.3, 0.4) is 0 Å². The van der Waals surface area contributed by atoms with Gasteiger partial charge in [-0.2, -0.15) is 8.42 Å². The van der Waals surface area contributed by atoms with Crippen LogP contribution in [0.15, 0.2) is 64.0 Å². The quantitative estimate of drug-likeness (QED) is 0.627. The normalized spacial score (nSPS) is 12.1. The smallest absolute Gasteiger partial charge is 0.366 e. The molecule has 144 valence electrons. The number of hydrogen-bond acceptors (Lipinski definition) is 4. The summed E-state index contributed by atoms with van der Waals surface area (Å²) in [5, 5.41) is 0. The van der Waals surface area contributed by atoms with Crippen LogP contribution in [-0.2, 0) is 10.3 Å². The number of H-pyrrole nitrogens is 1. The van der Waals surface area contributed by atoms with Gasteiger partial charge in [0.1, 0.15) is 5.75 Å². The molecule has 0 amide bonds. The van der Waals surface area contributed by atoms with Gasteiger partial charge < -0.3 is 9.17 Å². The number of aromatic nitrogens is 1. The van der Waals surface area contributed by atoms with E-state index in [1.54, 1.807) is 48.7 Å². The van der Waals surface area contributed by atoms with Crippen LogP contribution in [0.25, 0.3) is 0 Å². The van der Waals surface area contributed by atoms with Gasteiger partial charge in [0.15, 0.2) is 0 Å². The number of para-hydroxylation sites is 1. The van der Waals surface area contributed by atoms with E-state index in [9.17, 15) is 8.42 Å². The van der Waals surface area contributed by atoms with Gasteiger partial charge in [-0.25, -0.2) is 0 Å². The molecular weight excluding hydrogens is 374 g/mol. The molecule has 0 spiro atoms. The lowest BCUT2D eigenvalue weighted by molar-refractivity contribution is 0.488. The molecule has 1 aromatic heterocycles. The van der Waals surface area contributed by atoms with Crippen molar-refractivity contribution in [2.45, 2.75) is 20.8 Å². The number of nitrogens with zero attached hydrogens (tertiary/aromatic N) is 2. The van der Waals surface area contributed by atoms with Gasteiger partial charge in [-0.05, 0) is 56.2 Å². The topological polar surface area (TPSA) is 83.9 Å². The van der Waals surface area contributed by atoms with E-state index in [-0.39, 0.29) is 5.75 Å². The molecule has 6 nitrogen and oxygen atoms in total. The summed E-state index contributed by atoms with van der Waals surface area (Å²) < 4.78 is 32.3. The molecule has 2 aromatic carbocycles. The van der Waals surface area contributed by atoms with Gasteiger partial charge >= 0.3 is 10.3 Å². The van der Waals surface area contributed by atoms with Crippen LogP contribution >= 0.6 is 0 Å². The molecule has 3 rings (SSSR count). The minimum Gasteiger partial charge on any atom is -0.366 e. The van der Waals surface area contributed by atoms with Gasteiger partial charge in [0.05, 0.1) is 29.5 Å². The van der Waals surface area contributed by atoms with Gasteiger partial charge in [0.25, 0.3) is 0 Å². The van der Waals surface area contributed by atoms with Crippen LogP contribution in [0.4, 0.5) is 5.69 Å². The van der Waals surface area contributed by atoms with Gasteiger partial charge in [-0.15, -0.1) is 4.40 Å². The van der Waals surface area contributed by atoms with Crippen molar-refractivity contribution in [3.63, 3.8) is 0 Å². The average Bonchev–Trinajstić information content (AvgIpc) is 3.08. The van der Waals surface area contributed by atoms with Gasteiger partial charge in [0, 0.05) is 0 Å². The Hall–Kier alpha value is -3.19. The first kappa shape index (κ1) is 19.6. The van der Waals surface area contributed by atoms with Crippen LogP contribution in [0.5, 0.6) is 5.75 Å². The molecule has 0 radical (unpaired) electrons. The first-order valence-electron chi connectivity index (χ1n) is 8.68. The average molecular weight is 395 g/mol. The molecule has 28 heavy (non-hydrogen) atoms. The van der Waals surface area contributed by atoms with Crippen LogP contribution in [0.2, 0.25) is 0 Å². The SMILES string of the molecule is Cc1cc(C)c(N=Cc2ccc(/C=N/S(=O)(=O)Oc3ccccc3)[nH]2)c(C)c1. The zero-order valence-electron chi connectivity index (χ0n) is 15.9. The first-order valence-corrected chi connectivity index (χ1v) is 10.0. The summed E-state index contributed by atoms with van der Waals surface area (Å²) in [5.41, 5.74) is 5.60. The molecule has 0 saturated heterocycles. The zero-order valence-corrected chi connectivity index (χ0v) is 16.7. The molecule has 0 saturated carbocycles. The second-order valence-corrected chi connectivity index (χ2v) is 7.67. The fourth-order valence-electron chi connectivity index (χ4n) is 2.83. The maximum Gasteiger partial charge on any atom is 0.428 e. The number of aryl methyl sites for hydroxylation is 3. The van der Waals surface area contributed by atoms with Crippen molar-refractivity contribution in [2.75, 3.05) is 0 Å². The molecule has 3 aromatic rings. The maximum absolute atomic E-state index is 11.9. The highest BCUT2D eigenvalue weighted by molar-refractivity contribution is 7.85. The Bertz CT molecular complexity index is 1110. The predicted molar refractivity (Wildman–Crippen MR) is 112 cm³/mol. The molecule has 0 aliphatic carbocycles. The molecule has 1 N–H and O–H groups in total. The van der Waals surface area contributed by atoms with E-state index in [1.165, 1.54) is 11.8 Å². The van der Waals surface area contributed by atoms with E-state index in [4.69, 9.17) is 4.18 Å². The summed E-state index contributed by atoms with van der Waals surface area (Å²) >= 11 is 0. The molecule has 0 unspecified atom stereocenters. The Balaban J connectivity index is 1.71. The third-order valence-corrected chi connectivity index (χ3v) is 4.73. The van der Waals surface area contributed by atoms with Crippen molar-refractivity contribution < 1.29 is 12.6 Å². The lowest BCUT2D eigenvalue weighted by atomic mass is 10.1. The molecular formula is C21H21N3O3S. The second-order valence-electron chi connectivity index (χ2n) is 6.43. The van der Waals surface area contributed by atoms with Crippen LogP contribution < -0.4 is 4.18 Å². The Morgan fingerprint density at radius 2 is 1.50 bits per heavy atom.